The minimum absolute atomic E-state index is 0.00458. The van der Waals surface area contributed by atoms with Crippen LogP contribution in [-0.2, 0) is 19.0 Å². The van der Waals surface area contributed by atoms with Crippen molar-refractivity contribution in [2.24, 2.45) is 17.8 Å². The third-order valence-corrected chi connectivity index (χ3v) is 6.59. The average Bonchev–Trinajstić information content (AvgIpc) is 3.22. The molecule has 3 fully saturated rings. The molecule has 0 aromatic carbocycles. The molecule has 2 unspecified atom stereocenters. The first-order chi connectivity index (χ1) is 13.8. The summed E-state index contributed by atoms with van der Waals surface area (Å²) in [6.45, 7) is 1.57. The molecule has 2 aliphatic heterocycles. The molecule has 0 aromatic heterocycles. The maximum Gasteiger partial charge on any atom is 0.157 e. The molecular formula is C23H32O5. The molecule has 2 heterocycles. The van der Waals surface area contributed by atoms with E-state index >= 15 is 0 Å². The number of hydrogen-bond acceptors (Lipinski definition) is 5. The van der Waals surface area contributed by atoms with Crippen molar-refractivity contribution in [3.05, 3.63) is 35.6 Å². The number of fused-ring (bicyclic) bond motifs is 3. The predicted molar refractivity (Wildman–Crippen MR) is 105 cm³/mol. The lowest BCUT2D eigenvalue weighted by molar-refractivity contribution is -0.162. The summed E-state index contributed by atoms with van der Waals surface area (Å²) < 4.78 is 17.8. The quantitative estimate of drug-likeness (QED) is 0.390. The molecule has 0 bridgehead atoms. The van der Waals surface area contributed by atoms with E-state index in [0.717, 1.165) is 63.8 Å². The highest BCUT2D eigenvalue weighted by atomic mass is 16.7. The zero-order chi connectivity index (χ0) is 19.3. The largest absolute Gasteiger partial charge is 0.494 e. The zero-order valence-electron chi connectivity index (χ0n) is 16.5. The standard InChI is InChI=1S/C23H32O5/c24-12-6-10-17-19(25)15-20-22(17)18-9-5-8-16(23(18)28-20)7-1-3-13-26-21-11-2-4-14-27-21/h5-6,8,10,12,17-22,25H,1-4,7,9,11,13-15H2/t17-,18?,19+,20-,21?,22-/m1/s1. The Balaban J connectivity index is 1.31. The molecule has 4 aliphatic rings. The lowest BCUT2D eigenvalue weighted by atomic mass is 9.78. The zero-order valence-corrected chi connectivity index (χ0v) is 16.5. The highest BCUT2D eigenvalue weighted by molar-refractivity contribution is 5.64. The van der Waals surface area contributed by atoms with Crippen molar-refractivity contribution in [3.8, 4) is 0 Å². The van der Waals surface area contributed by atoms with Crippen LogP contribution in [0.3, 0.4) is 0 Å². The van der Waals surface area contributed by atoms with Crippen molar-refractivity contribution in [3.63, 3.8) is 0 Å². The normalized spacial score (nSPS) is 37.2. The van der Waals surface area contributed by atoms with Crippen LogP contribution in [0.2, 0.25) is 0 Å². The Kier molecular flexibility index (Phi) is 6.65. The molecule has 0 aromatic rings. The minimum atomic E-state index is -0.415. The van der Waals surface area contributed by atoms with Gasteiger partial charge in [-0.2, -0.15) is 0 Å². The third-order valence-electron chi connectivity index (χ3n) is 6.59. The summed E-state index contributed by atoms with van der Waals surface area (Å²) in [5.41, 5.74) is 1.30. The van der Waals surface area contributed by atoms with Gasteiger partial charge in [0.25, 0.3) is 0 Å². The van der Waals surface area contributed by atoms with Crippen LogP contribution in [0.4, 0.5) is 0 Å². The van der Waals surface area contributed by atoms with Gasteiger partial charge in [-0.05, 0) is 56.6 Å². The Morgan fingerprint density at radius 3 is 3.04 bits per heavy atom. The number of hydrogen-bond donors (Lipinski definition) is 1. The predicted octanol–water partition coefficient (Wildman–Crippen LogP) is 3.68. The molecule has 2 aliphatic carbocycles. The van der Waals surface area contributed by atoms with Gasteiger partial charge in [-0.3, -0.25) is 4.79 Å². The van der Waals surface area contributed by atoms with Crippen LogP contribution in [0.1, 0.15) is 51.4 Å². The third kappa shape index (κ3) is 4.27. The summed E-state index contributed by atoms with van der Waals surface area (Å²) in [4.78, 5) is 10.7. The van der Waals surface area contributed by atoms with Crippen molar-refractivity contribution in [1.82, 2.24) is 0 Å². The molecule has 2 saturated heterocycles. The molecule has 5 heteroatoms. The molecule has 1 saturated carbocycles. The van der Waals surface area contributed by atoms with E-state index in [1.807, 2.05) is 6.08 Å². The van der Waals surface area contributed by atoms with Crippen molar-refractivity contribution < 1.29 is 24.1 Å². The number of ether oxygens (including phenoxy) is 3. The maximum atomic E-state index is 10.7. The second-order valence-electron chi connectivity index (χ2n) is 8.39. The van der Waals surface area contributed by atoms with E-state index in [9.17, 15) is 9.90 Å². The van der Waals surface area contributed by atoms with E-state index in [2.05, 4.69) is 12.2 Å². The lowest BCUT2D eigenvalue weighted by Gasteiger charge is -2.25. The van der Waals surface area contributed by atoms with E-state index in [-0.39, 0.29) is 24.2 Å². The fourth-order valence-electron chi connectivity index (χ4n) is 5.26. The van der Waals surface area contributed by atoms with Crippen molar-refractivity contribution >= 4 is 6.29 Å². The van der Waals surface area contributed by atoms with Crippen LogP contribution in [0.15, 0.2) is 35.6 Å². The summed E-state index contributed by atoms with van der Waals surface area (Å²) in [5, 5.41) is 10.4. The number of allylic oxidation sites excluding steroid dienone is 5. The van der Waals surface area contributed by atoms with E-state index in [1.54, 1.807) is 0 Å². The summed E-state index contributed by atoms with van der Waals surface area (Å²) in [6.07, 6.45) is 16.3. The molecule has 28 heavy (non-hydrogen) atoms. The first-order valence-electron chi connectivity index (χ1n) is 10.9. The number of aliphatic hydroxyl groups is 1. The molecule has 5 nitrogen and oxygen atoms in total. The molecular weight excluding hydrogens is 356 g/mol. The maximum absolute atomic E-state index is 10.7. The summed E-state index contributed by atoms with van der Waals surface area (Å²) in [7, 11) is 0. The summed E-state index contributed by atoms with van der Waals surface area (Å²) >= 11 is 0. The molecule has 1 N–H and O–H groups in total. The van der Waals surface area contributed by atoms with E-state index in [0.29, 0.717) is 12.3 Å². The Bertz CT molecular complexity index is 631. The molecule has 4 rings (SSSR count). The molecule has 0 spiro atoms. The summed E-state index contributed by atoms with van der Waals surface area (Å²) in [6, 6.07) is 0. The Labute approximate surface area is 167 Å². The van der Waals surface area contributed by atoms with Crippen LogP contribution in [0, 0.1) is 17.8 Å². The van der Waals surface area contributed by atoms with Crippen molar-refractivity contribution in [2.45, 2.75) is 69.9 Å². The van der Waals surface area contributed by atoms with Gasteiger partial charge in [-0.1, -0.05) is 18.2 Å². The topological polar surface area (TPSA) is 65.0 Å². The first kappa shape index (κ1) is 19.9. The van der Waals surface area contributed by atoms with Crippen LogP contribution in [-0.4, -0.2) is 43.1 Å². The van der Waals surface area contributed by atoms with Crippen LogP contribution >= 0.6 is 0 Å². The Hall–Kier alpha value is -1.43. The molecule has 0 radical (unpaired) electrons. The van der Waals surface area contributed by atoms with Gasteiger partial charge in [0.05, 0.1) is 6.10 Å². The second kappa shape index (κ2) is 9.38. The molecule has 6 atom stereocenters. The number of rotatable bonds is 8. The van der Waals surface area contributed by atoms with Gasteiger partial charge in [-0.25, -0.2) is 0 Å². The molecule has 0 amide bonds. The lowest BCUT2D eigenvalue weighted by Crippen LogP contribution is -2.24. The minimum Gasteiger partial charge on any atom is -0.494 e. The fraction of sp³-hybridized carbons (Fsp3) is 0.696. The number of unbranched alkanes of at least 4 members (excludes halogenated alkanes) is 1. The smallest absolute Gasteiger partial charge is 0.157 e. The van der Waals surface area contributed by atoms with Gasteiger partial charge in [-0.15, -0.1) is 0 Å². The number of aliphatic hydroxyl groups excluding tert-OH is 1. The van der Waals surface area contributed by atoms with Crippen molar-refractivity contribution in [1.29, 1.82) is 0 Å². The summed E-state index contributed by atoms with van der Waals surface area (Å²) in [5.74, 6) is 1.74. The van der Waals surface area contributed by atoms with E-state index in [1.165, 1.54) is 18.1 Å². The van der Waals surface area contributed by atoms with Gasteiger partial charge in [0.1, 0.15) is 18.1 Å². The van der Waals surface area contributed by atoms with Gasteiger partial charge in [0.2, 0.25) is 0 Å². The first-order valence-corrected chi connectivity index (χ1v) is 10.9. The van der Waals surface area contributed by atoms with E-state index < -0.39 is 6.10 Å². The Morgan fingerprint density at radius 2 is 2.21 bits per heavy atom. The van der Waals surface area contributed by atoms with Gasteiger partial charge < -0.3 is 19.3 Å². The number of carbonyl (C=O) groups excluding carboxylic acids is 1. The van der Waals surface area contributed by atoms with Gasteiger partial charge in [0.15, 0.2) is 6.29 Å². The van der Waals surface area contributed by atoms with Crippen LogP contribution in [0.5, 0.6) is 0 Å². The highest BCUT2D eigenvalue weighted by Gasteiger charge is 2.53. The van der Waals surface area contributed by atoms with Crippen LogP contribution in [0.25, 0.3) is 0 Å². The average molecular weight is 389 g/mol. The number of aldehydes is 1. The van der Waals surface area contributed by atoms with E-state index in [4.69, 9.17) is 14.2 Å². The monoisotopic (exact) mass is 388 g/mol. The van der Waals surface area contributed by atoms with Gasteiger partial charge in [0, 0.05) is 37.4 Å². The Morgan fingerprint density at radius 1 is 1.29 bits per heavy atom. The van der Waals surface area contributed by atoms with Gasteiger partial charge >= 0.3 is 0 Å². The fourth-order valence-corrected chi connectivity index (χ4v) is 5.26. The second-order valence-corrected chi connectivity index (χ2v) is 8.39. The highest BCUT2D eigenvalue weighted by Crippen LogP contribution is 2.52. The SMILES string of the molecule is O=CC=C[C@H]1[C@@H]2C3CC=CC(CCCCOC4CCCCO4)=C3O[C@@H]2C[C@@H]1O. The molecule has 154 valence electrons. The van der Waals surface area contributed by atoms with Crippen LogP contribution < -0.4 is 0 Å². The van der Waals surface area contributed by atoms with Crippen molar-refractivity contribution in [2.75, 3.05) is 13.2 Å². The number of carbonyl (C=O) groups is 1.